The number of carbonyl (C=O) groups is 18. The van der Waals surface area contributed by atoms with Gasteiger partial charge < -0.3 is 28.4 Å². The molecular weight excluding hydrogens is 1810 g/mol. The van der Waals surface area contributed by atoms with E-state index in [2.05, 4.69) is 0 Å². The van der Waals surface area contributed by atoms with Gasteiger partial charge in [-0.3, -0.25) is 28.8 Å². The summed E-state index contributed by atoms with van der Waals surface area (Å²) in [6, 6.07) is 85.9. The van der Waals surface area contributed by atoms with Crippen LogP contribution in [0.15, 0.2) is 291 Å². The predicted octanol–water partition coefficient (Wildman–Crippen LogP) is 15.8. The third-order valence-electron chi connectivity index (χ3n) is 31.2. The highest BCUT2D eigenvalue weighted by atomic mass is 16.6. The summed E-state index contributed by atoms with van der Waals surface area (Å²) in [5.74, 6) is -18.7. The maximum absolute atomic E-state index is 15.2. The normalized spacial score (nSPS) is 23.9. The predicted molar refractivity (Wildman–Crippen MR) is 496 cm³/mol. The average molecular weight is 1870 g/mol. The number of ether oxygens (including phenoxy) is 6. The Morgan fingerprint density at radius 2 is 0.423 bits per heavy atom. The van der Waals surface area contributed by atoms with Gasteiger partial charge in [-0.15, -0.1) is 0 Å². The second-order valence-corrected chi connectivity index (χ2v) is 37.6. The minimum absolute atomic E-state index is 0.0420. The highest BCUT2D eigenvalue weighted by molar-refractivity contribution is 6.28. The minimum Gasteiger partial charge on any atom is -0.386 e. The fraction of sp³-hybridized carbons (Fsp3) is 0.113. The van der Waals surface area contributed by atoms with E-state index < -0.39 is 165 Å². The van der Waals surface area contributed by atoms with Crippen LogP contribution in [0.2, 0.25) is 0 Å². The molecule has 680 valence electrons. The van der Waals surface area contributed by atoms with Crippen LogP contribution in [0.4, 0.5) is 17.1 Å². The summed E-state index contributed by atoms with van der Waals surface area (Å²) in [6.07, 6.45) is 0. The molecule has 6 amide bonds. The fourth-order valence-electron chi connectivity index (χ4n) is 25.5. The molecule has 32 rings (SSSR count). The molecule has 9 heterocycles. The Morgan fingerprint density at radius 1 is 0.197 bits per heavy atom. The van der Waals surface area contributed by atoms with Crippen molar-refractivity contribution in [3.63, 3.8) is 0 Å². The van der Waals surface area contributed by atoms with Crippen LogP contribution in [0.25, 0.3) is 33.4 Å². The molecule has 0 N–H and O–H groups in total. The molecule has 9 aliphatic carbocycles. The van der Waals surface area contributed by atoms with Gasteiger partial charge in [-0.05, 0) is 227 Å². The molecule has 27 heteroatoms. The summed E-state index contributed by atoms with van der Waals surface area (Å²) in [7, 11) is 0. The van der Waals surface area contributed by atoms with Crippen molar-refractivity contribution in [3.8, 4) is 33.4 Å². The van der Waals surface area contributed by atoms with Gasteiger partial charge in [0.2, 0.25) is 35.4 Å². The highest BCUT2D eigenvalue weighted by Crippen LogP contribution is 2.73. The van der Waals surface area contributed by atoms with E-state index in [1.165, 1.54) is 14.7 Å². The molecule has 0 radical (unpaired) electrons. The second kappa shape index (κ2) is 29.2. The molecule has 0 saturated carbocycles. The number of nitrogens with zero attached hydrogens (tertiary/aromatic N) is 3. The lowest BCUT2D eigenvalue weighted by atomic mass is 9.38. The Kier molecular flexibility index (Phi) is 17.0. The highest BCUT2D eigenvalue weighted by Gasteiger charge is 2.76. The fourth-order valence-corrected chi connectivity index (χ4v) is 25.5. The van der Waals surface area contributed by atoms with Crippen LogP contribution in [0.1, 0.15) is 231 Å². The molecule has 142 heavy (non-hydrogen) atoms. The van der Waals surface area contributed by atoms with Crippen molar-refractivity contribution in [2.45, 2.75) is 41.4 Å². The van der Waals surface area contributed by atoms with Gasteiger partial charge in [-0.25, -0.2) is 72.2 Å². The summed E-state index contributed by atoms with van der Waals surface area (Å²) >= 11 is 0. The molecule has 8 atom stereocenters. The third kappa shape index (κ3) is 10.9. The minimum atomic E-state index is -1.47. The Morgan fingerprint density at radius 3 is 0.732 bits per heavy atom. The van der Waals surface area contributed by atoms with Crippen molar-refractivity contribution in [1.29, 1.82) is 0 Å². The zero-order valence-corrected chi connectivity index (χ0v) is 73.6. The van der Waals surface area contributed by atoms with Crippen LogP contribution < -0.4 is 14.7 Å². The number of para-hydroxylation sites is 2. The Labute approximate surface area is 800 Å². The maximum Gasteiger partial charge on any atom is 0.346 e. The van der Waals surface area contributed by atoms with E-state index in [4.69, 9.17) is 28.4 Å². The van der Waals surface area contributed by atoms with E-state index in [0.717, 1.165) is 61.2 Å². The van der Waals surface area contributed by atoms with Crippen molar-refractivity contribution in [1.82, 2.24) is 0 Å². The molecule has 0 spiro atoms. The number of aryl methyl sites for hydroxylation is 1. The zero-order valence-electron chi connectivity index (χ0n) is 73.6. The smallest absolute Gasteiger partial charge is 0.346 e. The number of carbonyl (C=O) groups excluding carboxylic acids is 18. The topological polar surface area (TPSA) is 372 Å². The molecule has 14 aromatic carbocycles. The van der Waals surface area contributed by atoms with Crippen LogP contribution in [0, 0.1) is 42.4 Å². The number of rotatable bonds is 8. The summed E-state index contributed by atoms with van der Waals surface area (Å²) in [5.41, 5.74) is 15.5. The Hall–Kier alpha value is -18.7. The van der Waals surface area contributed by atoms with Gasteiger partial charge in [-0.2, -0.15) is 0 Å². The summed E-state index contributed by atoms with van der Waals surface area (Å²) in [5, 5.41) is 0. The first-order valence-corrected chi connectivity index (χ1v) is 45.7. The van der Waals surface area contributed by atoms with Gasteiger partial charge in [0.05, 0.1) is 130 Å². The number of hydrogen-bond acceptors (Lipinski definition) is 24. The van der Waals surface area contributed by atoms with Crippen molar-refractivity contribution in [3.05, 3.63) is 441 Å². The molecular formula is C115H61N3O24. The van der Waals surface area contributed by atoms with Gasteiger partial charge >= 0.3 is 71.6 Å². The quantitative estimate of drug-likeness (QED) is 0.0590. The molecule has 14 aromatic rings. The van der Waals surface area contributed by atoms with Crippen molar-refractivity contribution in [2.75, 3.05) is 14.7 Å². The van der Waals surface area contributed by atoms with E-state index in [0.29, 0.717) is 72.7 Å². The van der Waals surface area contributed by atoms with Crippen LogP contribution in [-0.4, -0.2) is 107 Å². The lowest BCUT2D eigenvalue weighted by Gasteiger charge is -2.60. The largest absolute Gasteiger partial charge is 0.386 e. The molecule has 0 aromatic heterocycles. The Bertz CT molecular complexity index is 7960. The van der Waals surface area contributed by atoms with Gasteiger partial charge in [0, 0.05) is 23.7 Å². The van der Waals surface area contributed by atoms with Gasteiger partial charge in [0.15, 0.2) is 0 Å². The second-order valence-electron chi connectivity index (χ2n) is 37.6. The Balaban J connectivity index is 0.000000107. The van der Waals surface area contributed by atoms with Gasteiger partial charge in [-0.1, -0.05) is 188 Å². The molecule has 8 unspecified atom stereocenters. The zero-order chi connectivity index (χ0) is 96.9. The number of hydrogen-bond donors (Lipinski definition) is 0. The van der Waals surface area contributed by atoms with Crippen LogP contribution in [0.5, 0.6) is 0 Å². The summed E-state index contributed by atoms with van der Waals surface area (Å²) < 4.78 is 29.4. The number of benzene rings is 14. The lowest BCUT2D eigenvalue weighted by Crippen LogP contribution is -2.62. The van der Waals surface area contributed by atoms with Crippen LogP contribution >= 0.6 is 0 Å². The molecule has 3 saturated heterocycles. The number of imide groups is 3. The number of anilines is 3. The molecule has 9 aliphatic heterocycles. The third-order valence-corrected chi connectivity index (χ3v) is 31.2. The number of cyclic esters (lactones) is 12. The van der Waals surface area contributed by atoms with Gasteiger partial charge in [0.25, 0.3) is 0 Å². The van der Waals surface area contributed by atoms with Crippen molar-refractivity contribution >= 4 is 124 Å². The molecule has 18 aliphatic rings. The standard InChI is InChI=1S/2C40H21NO8.C35H19NO8/c42-33-31-32(34(43)41(33)22-14-8-3-9-15-22)40(21-12-6-2-7-13-21)29-18-25-23(35(44)48-37(25)46)16-27(29)39(31,20-10-4-1-5-11-20)28-17-24-26(19-30(28)40)38(47)49-36(24)45;42-35-33-31-23-10-6-18(20-8-12-25-29(16-20)39(46)48-37(25)44)14-27(23)32(34(33)36(43)41(35)22-4-2-1-3-5-22)24-11-7-19(15-28(24)31)21-9-13-26-30(17-21)40(47)49-38(26)45;1-14-2-4-15(5-3-14)16-6-8-17(9-7-16)36-30(37)28-26-18-10-22-23(33(40)43-32(22)39)11-19(18)27(29(28)31(36)38)21-13-25-24(12-20(21)26)34(41)44-35(25)42/h1-19,31-32H;1-17,31-34H;2-13,26-29H,1H3. The first kappa shape index (κ1) is 82.8. The first-order valence-electron chi connectivity index (χ1n) is 45.7. The van der Waals surface area contributed by atoms with E-state index in [1.807, 2.05) is 146 Å². The van der Waals surface area contributed by atoms with Crippen molar-refractivity contribution < 1.29 is 115 Å². The molecule has 27 nitrogen and oxygen atoms in total. The molecule has 6 bridgehead atoms. The van der Waals surface area contributed by atoms with E-state index in [9.17, 15) is 76.7 Å². The van der Waals surface area contributed by atoms with Gasteiger partial charge in [0.1, 0.15) is 0 Å². The number of esters is 12. The first-order chi connectivity index (χ1) is 68.8. The molecule has 3 fully saturated rings. The van der Waals surface area contributed by atoms with Crippen LogP contribution in [0.3, 0.4) is 0 Å². The number of fused-ring (bicyclic) bond motifs is 6. The number of amides is 6. The van der Waals surface area contributed by atoms with Crippen LogP contribution in [-0.2, 0) is 68.0 Å². The van der Waals surface area contributed by atoms with E-state index in [1.54, 1.807) is 152 Å². The summed E-state index contributed by atoms with van der Waals surface area (Å²) in [6.45, 7) is 2.01. The van der Waals surface area contributed by atoms with Crippen molar-refractivity contribution in [2.24, 2.45) is 35.5 Å². The van der Waals surface area contributed by atoms with E-state index in [-0.39, 0.29) is 78.6 Å². The monoisotopic (exact) mass is 1870 g/mol. The average Bonchev–Trinajstić information content (AvgIpc) is 1.35. The lowest BCUT2D eigenvalue weighted by molar-refractivity contribution is -0.124. The van der Waals surface area contributed by atoms with E-state index >= 15 is 9.59 Å². The SMILES string of the molecule is Cc1ccc(-c2ccc(N3C(=O)C4C5c6cc7c(cc6C(c6cc8c(cc65)C(=O)OC8=O)C4C3=O)C(=O)OC7=O)cc2)cc1.O=C1OC(=O)c2cc(-c3ccc4c(c3)C3c5ccc(-c6ccc7c(c6)C(=O)OC7=O)cc5C4C4C(=O)N(c5ccccc5)C(=O)C34)ccc21.O=C1OC(=O)c2cc3c(cc21)C1(c2ccccc2)c2cc4c(cc2C3(c2ccccc2)C2C(=O)N(c3ccccc3)C(=O)C21)C(=O)OC4=O. The summed E-state index contributed by atoms with van der Waals surface area (Å²) in [4.78, 5) is 243. The maximum atomic E-state index is 15.2.